The summed E-state index contributed by atoms with van der Waals surface area (Å²) in [5.74, 6) is 2.09. The smallest absolute Gasteiger partial charge is 0.226 e. The second-order valence-electron chi connectivity index (χ2n) is 5.70. The van der Waals surface area contributed by atoms with Crippen molar-refractivity contribution in [1.29, 1.82) is 0 Å². The van der Waals surface area contributed by atoms with Crippen molar-refractivity contribution in [3.05, 3.63) is 84.1 Å². The van der Waals surface area contributed by atoms with E-state index in [0.717, 1.165) is 22.6 Å². The van der Waals surface area contributed by atoms with Gasteiger partial charge in [-0.15, -0.1) is 0 Å². The highest BCUT2D eigenvalue weighted by atomic mass is 16.5. The van der Waals surface area contributed by atoms with Crippen LogP contribution in [0.25, 0.3) is 0 Å². The summed E-state index contributed by atoms with van der Waals surface area (Å²) in [6.45, 7) is 0. The fourth-order valence-electron chi connectivity index (χ4n) is 3.04. The van der Waals surface area contributed by atoms with Gasteiger partial charge in [0.2, 0.25) is 5.91 Å². The molecule has 4 nitrogen and oxygen atoms in total. The van der Waals surface area contributed by atoms with Crippen LogP contribution in [0.5, 0.6) is 11.5 Å². The lowest BCUT2D eigenvalue weighted by molar-refractivity contribution is -0.116. The number of aromatic nitrogens is 1. The monoisotopic (exact) mass is 316 g/mol. The number of carbonyl (C=O) groups is 1. The van der Waals surface area contributed by atoms with E-state index in [1.807, 2.05) is 60.7 Å². The lowest BCUT2D eigenvalue weighted by Gasteiger charge is -2.27. The molecule has 4 heteroatoms. The van der Waals surface area contributed by atoms with E-state index >= 15 is 0 Å². The Morgan fingerprint density at radius 1 is 0.917 bits per heavy atom. The van der Waals surface area contributed by atoms with Gasteiger partial charge in [-0.3, -0.25) is 4.79 Å². The Hall–Kier alpha value is -3.14. The molecule has 0 saturated carbocycles. The molecule has 2 aromatic carbocycles. The number of nitrogens with zero attached hydrogens (tertiary/aromatic N) is 1. The van der Waals surface area contributed by atoms with Crippen molar-refractivity contribution in [2.24, 2.45) is 0 Å². The Morgan fingerprint density at radius 2 is 1.54 bits per heavy atom. The van der Waals surface area contributed by atoms with E-state index in [2.05, 4.69) is 10.3 Å². The molecule has 1 N–H and O–H groups in total. The summed E-state index contributed by atoms with van der Waals surface area (Å²) in [5.41, 5.74) is 2.07. The molecule has 4 rings (SSSR count). The standard InChI is InChI=1S/C20H16N2O2/c23-20(22-19-11-5-6-12-21-19)13-16-14-7-1-3-9-17(14)24-18-10-4-2-8-15(16)18/h1-12,16H,13H2,(H,21,22,23). The molecular weight excluding hydrogens is 300 g/mol. The molecule has 0 saturated heterocycles. The number of carbonyl (C=O) groups excluding carboxylic acids is 1. The molecule has 1 aromatic heterocycles. The van der Waals surface area contributed by atoms with Gasteiger partial charge in [0.05, 0.1) is 0 Å². The largest absolute Gasteiger partial charge is 0.457 e. The quantitative estimate of drug-likeness (QED) is 0.781. The molecule has 24 heavy (non-hydrogen) atoms. The third kappa shape index (κ3) is 2.74. The van der Waals surface area contributed by atoms with Gasteiger partial charge in [-0.1, -0.05) is 42.5 Å². The van der Waals surface area contributed by atoms with Crippen molar-refractivity contribution >= 4 is 11.7 Å². The molecule has 3 aromatic rings. The average Bonchev–Trinajstić information content (AvgIpc) is 2.62. The fourth-order valence-corrected chi connectivity index (χ4v) is 3.04. The number of hydrogen-bond acceptors (Lipinski definition) is 3. The maximum Gasteiger partial charge on any atom is 0.226 e. The van der Waals surface area contributed by atoms with Crippen LogP contribution in [0.2, 0.25) is 0 Å². The third-order valence-electron chi connectivity index (χ3n) is 4.13. The molecule has 0 aliphatic carbocycles. The second kappa shape index (κ2) is 6.16. The van der Waals surface area contributed by atoms with Crippen molar-refractivity contribution < 1.29 is 9.53 Å². The van der Waals surface area contributed by atoms with E-state index < -0.39 is 0 Å². The Kier molecular flexibility index (Phi) is 3.71. The van der Waals surface area contributed by atoms with Crippen LogP contribution < -0.4 is 10.1 Å². The number of nitrogens with one attached hydrogen (secondary N) is 1. The molecule has 0 bridgehead atoms. The minimum absolute atomic E-state index is 0.0325. The number of para-hydroxylation sites is 2. The number of pyridine rings is 1. The van der Waals surface area contributed by atoms with E-state index in [1.54, 1.807) is 12.3 Å². The molecule has 0 fully saturated rings. The summed E-state index contributed by atoms with van der Waals surface area (Å²) in [5, 5.41) is 2.86. The molecule has 1 aliphatic rings. The average molecular weight is 316 g/mol. The fraction of sp³-hybridized carbons (Fsp3) is 0.100. The van der Waals surface area contributed by atoms with Crippen LogP contribution in [0.4, 0.5) is 5.82 Å². The highest BCUT2D eigenvalue weighted by molar-refractivity contribution is 5.90. The zero-order chi connectivity index (χ0) is 16.4. The number of fused-ring (bicyclic) bond motifs is 2. The van der Waals surface area contributed by atoms with Gasteiger partial charge < -0.3 is 10.1 Å². The highest BCUT2D eigenvalue weighted by Gasteiger charge is 2.28. The van der Waals surface area contributed by atoms with Gasteiger partial charge in [-0.2, -0.15) is 0 Å². The van der Waals surface area contributed by atoms with E-state index in [0.29, 0.717) is 12.2 Å². The van der Waals surface area contributed by atoms with Crippen LogP contribution in [0.3, 0.4) is 0 Å². The summed E-state index contributed by atoms with van der Waals surface area (Å²) in [6, 6.07) is 21.2. The minimum Gasteiger partial charge on any atom is -0.457 e. The zero-order valence-electron chi connectivity index (χ0n) is 13.0. The Balaban J connectivity index is 1.64. The summed E-state index contributed by atoms with van der Waals surface area (Å²) >= 11 is 0. The van der Waals surface area contributed by atoms with Crippen molar-refractivity contribution in [3.8, 4) is 11.5 Å². The maximum atomic E-state index is 12.5. The van der Waals surface area contributed by atoms with E-state index in [1.165, 1.54) is 0 Å². The molecule has 0 atom stereocenters. The molecule has 0 spiro atoms. The molecule has 2 heterocycles. The first-order chi connectivity index (χ1) is 11.8. The number of ether oxygens (including phenoxy) is 1. The molecule has 0 unspecified atom stereocenters. The molecular formula is C20H16N2O2. The molecule has 1 aliphatic heterocycles. The number of anilines is 1. The van der Waals surface area contributed by atoms with Crippen LogP contribution in [0.1, 0.15) is 23.5 Å². The summed E-state index contributed by atoms with van der Waals surface area (Å²) in [4.78, 5) is 16.7. The van der Waals surface area contributed by atoms with Gasteiger partial charge in [0.25, 0.3) is 0 Å². The second-order valence-corrected chi connectivity index (χ2v) is 5.70. The van der Waals surface area contributed by atoms with Crippen LogP contribution in [-0.4, -0.2) is 10.9 Å². The Labute approximate surface area is 140 Å². The predicted molar refractivity (Wildman–Crippen MR) is 92.3 cm³/mol. The van der Waals surface area contributed by atoms with Gasteiger partial charge in [-0.25, -0.2) is 4.98 Å². The summed E-state index contributed by atoms with van der Waals surface area (Å²) < 4.78 is 5.96. The molecule has 118 valence electrons. The predicted octanol–water partition coefficient (Wildman–Crippen LogP) is 4.35. The zero-order valence-corrected chi connectivity index (χ0v) is 13.0. The third-order valence-corrected chi connectivity index (χ3v) is 4.13. The topological polar surface area (TPSA) is 51.2 Å². The molecule has 0 radical (unpaired) electrons. The van der Waals surface area contributed by atoms with Gasteiger partial charge in [0, 0.05) is 29.7 Å². The van der Waals surface area contributed by atoms with Crippen LogP contribution in [-0.2, 0) is 4.79 Å². The van der Waals surface area contributed by atoms with Crippen molar-refractivity contribution in [2.75, 3.05) is 5.32 Å². The number of amides is 1. The van der Waals surface area contributed by atoms with Crippen LogP contribution in [0, 0.1) is 0 Å². The van der Waals surface area contributed by atoms with Crippen molar-refractivity contribution in [2.45, 2.75) is 12.3 Å². The first-order valence-corrected chi connectivity index (χ1v) is 7.88. The Morgan fingerprint density at radius 3 is 2.17 bits per heavy atom. The summed E-state index contributed by atoms with van der Waals surface area (Å²) in [6.07, 6.45) is 2.00. The van der Waals surface area contributed by atoms with E-state index in [4.69, 9.17) is 4.74 Å². The first-order valence-electron chi connectivity index (χ1n) is 7.88. The lowest BCUT2D eigenvalue weighted by Crippen LogP contribution is -2.19. The minimum atomic E-state index is -0.0646. The van der Waals surface area contributed by atoms with Gasteiger partial charge >= 0.3 is 0 Å². The maximum absolute atomic E-state index is 12.5. The number of benzene rings is 2. The van der Waals surface area contributed by atoms with E-state index in [-0.39, 0.29) is 11.8 Å². The number of hydrogen-bond donors (Lipinski definition) is 1. The Bertz CT molecular complexity index is 832. The lowest BCUT2D eigenvalue weighted by atomic mass is 9.85. The van der Waals surface area contributed by atoms with Crippen LogP contribution in [0.15, 0.2) is 72.9 Å². The SMILES string of the molecule is O=C(CC1c2ccccc2Oc2ccccc21)Nc1ccccn1. The van der Waals surface area contributed by atoms with Crippen molar-refractivity contribution in [1.82, 2.24) is 4.98 Å². The van der Waals surface area contributed by atoms with Crippen molar-refractivity contribution in [3.63, 3.8) is 0 Å². The van der Waals surface area contributed by atoms with Crippen LogP contribution >= 0.6 is 0 Å². The van der Waals surface area contributed by atoms with Gasteiger partial charge in [0.15, 0.2) is 0 Å². The van der Waals surface area contributed by atoms with Gasteiger partial charge in [-0.05, 0) is 24.3 Å². The highest BCUT2D eigenvalue weighted by Crippen LogP contribution is 2.45. The van der Waals surface area contributed by atoms with E-state index in [9.17, 15) is 4.79 Å². The normalized spacial score (nSPS) is 12.7. The number of rotatable bonds is 3. The van der Waals surface area contributed by atoms with Gasteiger partial charge in [0.1, 0.15) is 17.3 Å². The first kappa shape index (κ1) is 14.5. The summed E-state index contributed by atoms with van der Waals surface area (Å²) in [7, 11) is 0. The molecule has 1 amide bonds.